The number of carbonyl (C=O) groups is 1. The Kier molecular flexibility index (Phi) is 9.63. The predicted molar refractivity (Wildman–Crippen MR) is 144 cm³/mol. The van der Waals surface area contributed by atoms with Crippen LogP contribution in [0, 0.1) is 5.41 Å². The van der Waals surface area contributed by atoms with Crippen molar-refractivity contribution in [3.63, 3.8) is 0 Å². The average molecular weight is 503 g/mol. The molecule has 1 unspecified atom stereocenters. The van der Waals surface area contributed by atoms with Crippen LogP contribution in [0.1, 0.15) is 53.9 Å². The van der Waals surface area contributed by atoms with Crippen molar-refractivity contribution in [2.45, 2.75) is 44.6 Å². The van der Waals surface area contributed by atoms with Crippen LogP contribution in [0.5, 0.6) is 5.75 Å². The van der Waals surface area contributed by atoms with Gasteiger partial charge in [-0.1, -0.05) is 36.4 Å². The van der Waals surface area contributed by atoms with Crippen LogP contribution >= 0.6 is 0 Å². The highest BCUT2D eigenvalue weighted by Crippen LogP contribution is 2.40. The number of primary amides is 1. The molecule has 7 rings (SSSR count). The van der Waals surface area contributed by atoms with Gasteiger partial charge in [0.05, 0.1) is 6.61 Å². The number of amides is 1. The van der Waals surface area contributed by atoms with Gasteiger partial charge in [-0.15, -0.1) is 0 Å². The summed E-state index contributed by atoms with van der Waals surface area (Å²) in [5.74, 6) is 1.40. The van der Waals surface area contributed by atoms with Gasteiger partial charge in [0.1, 0.15) is 18.7 Å². The van der Waals surface area contributed by atoms with E-state index in [1.165, 1.54) is 74.8 Å². The number of piperidine rings is 3. The summed E-state index contributed by atoms with van der Waals surface area (Å²) in [5.41, 5.74) is 10.0. The summed E-state index contributed by atoms with van der Waals surface area (Å²) in [4.78, 5) is 19.1. The number of aryl methyl sites for hydroxylation is 1. The van der Waals surface area contributed by atoms with Crippen LogP contribution in [0.25, 0.3) is 0 Å². The Morgan fingerprint density at radius 2 is 1.68 bits per heavy atom. The highest BCUT2D eigenvalue weighted by molar-refractivity contribution is 5.43. The van der Waals surface area contributed by atoms with Crippen LogP contribution < -0.4 is 10.5 Å². The lowest BCUT2D eigenvalue weighted by Gasteiger charge is -2.48. The largest absolute Gasteiger partial charge is 0.489 e. The Hall–Kier alpha value is -3.29. The number of rotatable bonds is 6. The van der Waals surface area contributed by atoms with E-state index >= 15 is 0 Å². The average Bonchev–Trinajstić information content (AvgIpc) is 3.39. The van der Waals surface area contributed by atoms with E-state index in [0.29, 0.717) is 17.9 Å². The normalized spacial score (nSPS) is 23.1. The molecule has 3 aromatic rings. The van der Waals surface area contributed by atoms with Gasteiger partial charge in [0.25, 0.3) is 0 Å². The molecule has 2 N–H and O–H groups in total. The molecule has 0 radical (unpaired) electrons. The van der Waals surface area contributed by atoms with E-state index in [0.717, 1.165) is 17.9 Å². The minimum Gasteiger partial charge on any atom is -0.489 e. The summed E-state index contributed by atoms with van der Waals surface area (Å²) >= 11 is 0. The highest BCUT2D eigenvalue weighted by Gasteiger charge is 2.39. The van der Waals surface area contributed by atoms with E-state index in [1.807, 2.05) is 7.11 Å². The van der Waals surface area contributed by atoms with Crippen molar-refractivity contribution >= 4 is 6.41 Å². The summed E-state index contributed by atoms with van der Waals surface area (Å²) in [6.45, 7) is 5.41. The third-order valence-electron chi connectivity index (χ3n) is 7.76. The second-order valence-electron chi connectivity index (χ2n) is 10.1. The van der Waals surface area contributed by atoms with Crippen LogP contribution in [-0.2, 0) is 22.6 Å². The molecule has 37 heavy (non-hydrogen) atoms. The molecule has 7 heteroatoms. The maximum Gasteiger partial charge on any atom is 0.204 e. The molecule has 3 saturated heterocycles. The number of benzene rings is 2. The Labute approximate surface area is 220 Å². The smallest absolute Gasteiger partial charge is 0.204 e. The summed E-state index contributed by atoms with van der Waals surface area (Å²) in [5, 5.41) is 0. The van der Waals surface area contributed by atoms with Crippen molar-refractivity contribution in [3.8, 4) is 5.75 Å². The number of nitrogens with zero attached hydrogens (tertiary/aromatic N) is 3. The van der Waals surface area contributed by atoms with Crippen molar-refractivity contribution in [3.05, 3.63) is 89.5 Å². The first-order valence-electron chi connectivity index (χ1n) is 13.1. The number of aromatic nitrogens is 2. The predicted octanol–water partition coefficient (Wildman–Crippen LogP) is 4.35. The minimum atomic E-state index is 0.250. The number of hydrogen-bond donors (Lipinski definition) is 1. The van der Waals surface area contributed by atoms with Crippen molar-refractivity contribution in [2.24, 2.45) is 11.1 Å². The molecule has 0 spiro atoms. The SMILES string of the molecule is COCC12CCN(CC1)CC2.NC=O.c1ccc2c(c1)CCC2c1ccc(OCc2cncnc2)cc1. The van der Waals surface area contributed by atoms with Crippen LogP contribution in [0.15, 0.2) is 67.3 Å². The Morgan fingerprint density at radius 1 is 1.03 bits per heavy atom. The molecular weight excluding hydrogens is 464 g/mol. The summed E-state index contributed by atoms with van der Waals surface area (Å²) in [7, 11) is 1.83. The fourth-order valence-corrected chi connectivity index (χ4v) is 5.69. The fourth-order valence-electron chi connectivity index (χ4n) is 5.69. The zero-order valence-corrected chi connectivity index (χ0v) is 21.7. The van der Waals surface area contributed by atoms with Crippen molar-refractivity contribution in [1.29, 1.82) is 0 Å². The van der Waals surface area contributed by atoms with Crippen LogP contribution in [-0.4, -0.2) is 54.6 Å². The van der Waals surface area contributed by atoms with Crippen molar-refractivity contribution < 1.29 is 14.3 Å². The number of nitrogens with two attached hydrogens (primary N) is 1. The quantitative estimate of drug-likeness (QED) is 0.504. The molecule has 0 saturated carbocycles. The van der Waals surface area contributed by atoms with E-state index in [1.54, 1.807) is 12.4 Å². The summed E-state index contributed by atoms with van der Waals surface area (Å²) < 4.78 is 11.1. The van der Waals surface area contributed by atoms with E-state index in [2.05, 4.69) is 69.1 Å². The van der Waals surface area contributed by atoms with Gasteiger partial charge >= 0.3 is 0 Å². The third kappa shape index (κ3) is 7.14. The highest BCUT2D eigenvalue weighted by atomic mass is 16.5. The fraction of sp³-hybridized carbons (Fsp3) is 0.433. The van der Waals surface area contributed by atoms with Crippen molar-refractivity contribution in [2.75, 3.05) is 33.4 Å². The first kappa shape index (κ1) is 26.8. The van der Waals surface area contributed by atoms with Gasteiger partial charge < -0.3 is 20.1 Å². The molecule has 1 aromatic heterocycles. The van der Waals surface area contributed by atoms with Gasteiger partial charge in [-0.05, 0) is 86.0 Å². The molecule has 1 amide bonds. The summed E-state index contributed by atoms with van der Waals surface area (Å²) in [6.07, 6.45) is 11.8. The first-order valence-corrected chi connectivity index (χ1v) is 13.1. The van der Waals surface area contributed by atoms with Gasteiger partial charge in [-0.25, -0.2) is 9.97 Å². The van der Waals surface area contributed by atoms with E-state index in [4.69, 9.17) is 14.3 Å². The van der Waals surface area contributed by atoms with Crippen molar-refractivity contribution in [1.82, 2.24) is 14.9 Å². The van der Waals surface area contributed by atoms with Crippen LogP contribution in [0.4, 0.5) is 0 Å². The lowest BCUT2D eigenvalue weighted by Crippen LogP contribution is -2.49. The zero-order valence-electron chi connectivity index (χ0n) is 21.7. The Morgan fingerprint density at radius 3 is 2.32 bits per heavy atom. The maximum atomic E-state index is 8.58. The maximum absolute atomic E-state index is 8.58. The summed E-state index contributed by atoms with van der Waals surface area (Å²) in [6, 6.07) is 17.2. The standard InChI is InChI=1S/C20H18N2O.C9H17NO.CH3NO/c1-2-4-19-16(3-1)7-10-20(19)17-5-8-18(9-6-17)23-13-15-11-21-14-22-12-15;1-11-8-9-2-5-10(6-3-9)7-4-9;2-1-3/h1-6,8-9,11-12,14,20H,7,10,13H2;2-8H2,1H3;1H,(H2,2,3). The topological polar surface area (TPSA) is 90.6 Å². The lowest BCUT2D eigenvalue weighted by atomic mass is 9.73. The van der Waals surface area contributed by atoms with Gasteiger partial charge in [-0.2, -0.15) is 0 Å². The molecular formula is C30H38N4O3. The van der Waals surface area contributed by atoms with Crippen LogP contribution in [0.2, 0.25) is 0 Å². The van der Waals surface area contributed by atoms with Gasteiger partial charge in [-0.3, -0.25) is 4.79 Å². The molecule has 196 valence electrons. The molecule has 3 aliphatic heterocycles. The number of methoxy groups -OCH3 is 1. The molecule has 1 atom stereocenters. The number of fused-ring (bicyclic) bond motifs is 4. The lowest BCUT2D eigenvalue weighted by molar-refractivity contribution is -0.106. The van der Waals surface area contributed by atoms with Gasteiger partial charge in [0.15, 0.2) is 0 Å². The third-order valence-corrected chi connectivity index (χ3v) is 7.76. The number of carbonyl (C=O) groups excluding carboxylic acids is 1. The molecule has 7 nitrogen and oxygen atoms in total. The monoisotopic (exact) mass is 502 g/mol. The second-order valence-corrected chi connectivity index (χ2v) is 10.1. The van der Waals surface area contributed by atoms with E-state index in [9.17, 15) is 0 Å². The van der Waals surface area contributed by atoms with Crippen LogP contribution in [0.3, 0.4) is 0 Å². The first-order chi connectivity index (χ1) is 18.2. The minimum absolute atomic E-state index is 0.250. The zero-order chi connectivity index (χ0) is 25.9. The number of hydrogen-bond acceptors (Lipinski definition) is 6. The van der Waals surface area contributed by atoms with Gasteiger partial charge in [0.2, 0.25) is 6.41 Å². The Balaban J connectivity index is 0.000000190. The Bertz CT molecular complexity index is 1080. The van der Waals surface area contributed by atoms with Gasteiger partial charge in [0, 0.05) is 31.0 Å². The van der Waals surface area contributed by atoms with E-state index in [-0.39, 0.29) is 6.41 Å². The number of ether oxygens (including phenoxy) is 2. The molecule has 2 aromatic carbocycles. The van der Waals surface area contributed by atoms with E-state index < -0.39 is 0 Å². The molecule has 1 aliphatic carbocycles. The molecule has 2 bridgehead atoms. The molecule has 4 heterocycles. The molecule has 4 aliphatic rings. The molecule has 3 fully saturated rings. The second kappa shape index (κ2) is 13.3.